The van der Waals surface area contributed by atoms with Gasteiger partial charge in [0.15, 0.2) is 0 Å². The molecule has 85 valence electrons. The van der Waals surface area contributed by atoms with Gasteiger partial charge in [-0.1, -0.05) is 12.6 Å². The maximum atomic E-state index is 9.39. The van der Waals surface area contributed by atoms with Crippen molar-refractivity contribution in [3.05, 3.63) is 0 Å². The van der Waals surface area contributed by atoms with E-state index >= 15 is 0 Å². The van der Waals surface area contributed by atoms with Crippen molar-refractivity contribution in [3.8, 4) is 0 Å². The molecule has 2 atom stereocenters. The van der Waals surface area contributed by atoms with Crippen LogP contribution in [0, 0.1) is 5.92 Å². The van der Waals surface area contributed by atoms with Gasteiger partial charge in [-0.25, -0.2) is 0 Å². The van der Waals surface area contributed by atoms with Crippen molar-refractivity contribution in [3.63, 3.8) is 0 Å². The van der Waals surface area contributed by atoms with Gasteiger partial charge in [0.25, 0.3) is 0 Å². The summed E-state index contributed by atoms with van der Waals surface area (Å²) in [6.45, 7) is 5.07. The van der Waals surface area contributed by atoms with Crippen molar-refractivity contribution in [2.75, 3.05) is 39.8 Å². The first kappa shape index (κ1) is 11.4. The van der Waals surface area contributed by atoms with E-state index in [0.29, 0.717) is 18.6 Å². The monoisotopic (exact) mass is 209 g/mol. The molecule has 1 radical (unpaired) electrons. The summed E-state index contributed by atoms with van der Waals surface area (Å²) < 4.78 is 0. The standard InChI is InChI=1S/C11H22BN2O/c1-13-4-6-14(7-5-13)11-2-3-12-8-10(11)9-15/h10-11,15H,2-9H2,1H3. The van der Waals surface area contributed by atoms with E-state index in [9.17, 15) is 5.11 Å². The summed E-state index contributed by atoms with van der Waals surface area (Å²) in [6.07, 6.45) is 3.58. The Balaban J connectivity index is 1.90. The molecule has 0 aromatic rings. The van der Waals surface area contributed by atoms with Crippen molar-refractivity contribution in [1.82, 2.24) is 9.80 Å². The smallest absolute Gasteiger partial charge is 0.110 e. The third kappa shape index (κ3) is 2.74. The van der Waals surface area contributed by atoms with E-state index in [1.165, 1.54) is 38.9 Å². The highest BCUT2D eigenvalue weighted by Gasteiger charge is 2.30. The van der Waals surface area contributed by atoms with Crippen molar-refractivity contribution >= 4 is 7.28 Å². The first-order valence-electron chi connectivity index (χ1n) is 6.16. The number of aliphatic hydroxyl groups excluding tert-OH is 1. The average Bonchev–Trinajstić information content (AvgIpc) is 2.30. The summed E-state index contributed by atoms with van der Waals surface area (Å²) in [7, 11) is 4.53. The highest BCUT2D eigenvalue weighted by atomic mass is 16.3. The normalized spacial score (nSPS) is 35.1. The Hall–Kier alpha value is -0.0551. The summed E-state index contributed by atoms with van der Waals surface area (Å²) in [6, 6.07) is 0.633. The largest absolute Gasteiger partial charge is 0.396 e. The summed E-state index contributed by atoms with van der Waals surface area (Å²) in [5.74, 6) is 0.488. The van der Waals surface area contributed by atoms with E-state index in [-0.39, 0.29) is 0 Å². The molecule has 0 bridgehead atoms. The lowest BCUT2D eigenvalue weighted by Crippen LogP contribution is -2.52. The van der Waals surface area contributed by atoms with Crippen LogP contribution in [0.5, 0.6) is 0 Å². The van der Waals surface area contributed by atoms with Crippen LogP contribution >= 0.6 is 0 Å². The molecule has 0 spiro atoms. The summed E-state index contributed by atoms with van der Waals surface area (Å²) in [4.78, 5) is 4.98. The SMILES string of the molecule is CN1CCN(C2CC[B]CC2CO)CC1. The lowest BCUT2D eigenvalue weighted by Gasteiger charge is -2.43. The fraction of sp³-hybridized carbons (Fsp3) is 1.00. The minimum absolute atomic E-state index is 0.355. The third-order valence-electron chi connectivity index (χ3n) is 3.92. The van der Waals surface area contributed by atoms with Crippen molar-refractivity contribution in [1.29, 1.82) is 0 Å². The number of hydrogen-bond donors (Lipinski definition) is 1. The van der Waals surface area contributed by atoms with Crippen LogP contribution in [0.4, 0.5) is 0 Å². The van der Waals surface area contributed by atoms with Crippen LogP contribution in [0.3, 0.4) is 0 Å². The summed E-state index contributed by atoms with van der Waals surface area (Å²) in [5.41, 5.74) is 0. The Kier molecular flexibility index (Phi) is 4.06. The van der Waals surface area contributed by atoms with Gasteiger partial charge in [-0.05, 0) is 19.4 Å². The van der Waals surface area contributed by atoms with E-state index in [1.54, 1.807) is 0 Å². The molecule has 15 heavy (non-hydrogen) atoms. The second-order valence-corrected chi connectivity index (χ2v) is 4.95. The van der Waals surface area contributed by atoms with Gasteiger partial charge in [0, 0.05) is 38.8 Å². The zero-order valence-electron chi connectivity index (χ0n) is 9.73. The predicted molar refractivity (Wildman–Crippen MR) is 63.4 cm³/mol. The maximum absolute atomic E-state index is 9.39. The van der Waals surface area contributed by atoms with E-state index in [0.717, 1.165) is 6.32 Å². The Morgan fingerprint density at radius 3 is 2.67 bits per heavy atom. The number of aliphatic hydroxyl groups is 1. The molecule has 0 saturated carbocycles. The Morgan fingerprint density at radius 1 is 1.27 bits per heavy atom. The van der Waals surface area contributed by atoms with Gasteiger partial charge in [-0.3, -0.25) is 4.90 Å². The quantitative estimate of drug-likeness (QED) is 0.656. The first-order valence-corrected chi connectivity index (χ1v) is 6.16. The molecule has 0 aromatic heterocycles. The minimum Gasteiger partial charge on any atom is -0.396 e. The molecule has 1 N–H and O–H groups in total. The number of likely N-dealkylation sites (N-methyl/N-ethyl adjacent to an activating group) is 1. The number of nitrogens with zero attached hydrogens (tertiary/aromatic N) is 2. The predicted octanol–water partition coefficient (Wildman–Crippen LogP) is 0.155. The second kappa shape index (κ2) is 5.33. The summed E-state index contributed by atoms with van der Waals surface area (Å²) in [5, 5.41) is 9.39. The molecule has 2 aliphatic heterocycles. The second-order valence-electron chi connectivity index (χ2n) is 4.95. The van der Waals surface area contributed by atoms with Gasteiger partial charge in [0.05, 0.1) is 0 Å². The molecule has 0 aromatic carbocycles. The van der Waals surface area contributed by atoms with Gasteiger partial charge in [0.2, 0.25) is 0 Å². The van der Waals surface area contributed by atoms with Crippen LogP contribution in [-0.2, 0) is 0 Å². The van der Waals surface area contributed by atoms with Crippen LogP contribution in [0.1, 0.15) is 6.42 Å². The van der Waals surface area contributed by atoms with Crippen LogP contribution in [0.2, 0.25) is 12.6 Å². The van der Waals surface area contributed by atoms with Gasteiger partial charge in [-0.15, -0.1) is 0 Å². The molecule has 2 fully saturated rings. The molecule has 2 unspecified atom stereocenters. The van der Waals surface area contributed by atoms with Gasteiger partial charge < -0.3 is 10.0 Å². The molecular weight excluding hydrogens is 187 g/mol. The van der Waals surface area contributed by atoms with Crippen LogP contribution in [-0.4, -0.2) is 68.1 Å². The molecular formula is C11H22BN2O. The number of hydrogen-bond acceptors (Lipinski definition) is 3. The molecule has 0 aliphatic carbocycles. The van der Waals surface area contributed by atoms with Crippen LogP contribution in [0.25, 0.3) is 0 Å². The van der Waals surface area contributed by atoms with E-state index < -0.39 is 0 Å². The van der Waals surface area contributed by atoms with Crippen molar-refractivity contribution < 1.29 is 5.11 Å². The first-order chi connectivity index (χ1) is 7.31. The fourth-order valence-corrected chi connectivity index (χ4v) is 2.84. The Labute approximate surface area is 93.7 Å². The molecule has 2 aliphatic rings. The van der Waals surface area contributed by atoms with Gasteiger partial charge >= 0.3 is 0 Å². The number of piperazine rings is 1. The highest BCUT2D eigenvalue weighted by molar-refractivity contribution is 6.35. The third-order valence-corrected chi connectivity index (χ3v) is 3.92. The fourth-order valence-electron chi connectivity index (χ4n) is 2.84. The molecule has 3 nitrogen and oxygen atoms in total. The zero-order valence-corrected chi connectivity index (χ0v) is 9.73. The Bertz CT molecular complexity index is 195. The van der Waals surface area contributed by atoms with E-state index in [1.807, 2.05) is 0 Å². The molecule has 4 heteroatoms. The lowest BCUT2D eigenvalue weighted by atomic mass is 9.58. The zero-order chi connectivity index (χ0) is 10.7. The van der Waals surface area contributed by atoms with Crippen molar-refractivity contribution in [2.45, 2.75) is 25.1 Å². The molecule has 2 saturated heterocycles. The minimum atomic E-state index is 0.355. The maximum Gasteiger partial charge on any atom is 0.110 e. The van der Waals surface area contributed by atoms with E-state index in [2.05, 4.69) is 24.1 Å². The topological polar surface area (TPSA) is 26.7 Å². The Morgan fingerprint density at radius 2 is 2.00 bits per heavy atom. The van der Waals surface area contributed by atoms with Gasteiger partial charge in [-0.2, -0.15) is 0 Å². The lowest BCUT2D eigenvalue weighted by molar-refractivity contribution is 0.0586. The van der Waals surface area contributed by atoms with Crippen LogP contribution in [0.15, 0.2) is 0 Å². The molecule has 0 amide bonds. The van der Waals surface area contributed by atoms with Gasteiger partial charge in [0.1, 0.15) is 7.28 Å². The van der Waals surface area contributed by atoms with E-state index in [4.69, 9.17) is 0 Å². The molecule has 2 heterocycles. The average molecular weight is 209 g/mol. The summed E-state index contributed by atoms with van der Waals surface area (Å²) >= 11 is 0. The number of rotatable bonds is 2. The van der Waals surface area contributed by atoms with Crippen molar-refractivity contribution in [2.24, 2.45) is 5.92 Å². The highest BCUT2D eigenvalue weighted by Crippen LogP contribution is 2.26. The van der Waals surface area contributed by atoms with Crippen LogP contribution < -0.4 is 0 Å². The molecule has 2 rings (SSSR count).